The van der Waals surface area contributed by atoms with Crippen LogP contribution in [0, 0.1) is 11.8 Å². The topological polar surface area (TPSA) is 96.0 Å². The van der Waals surface area contributed by atoms with Gasteiger partial charge >= 0.3 is 47.8 Å². The number of fused-ring (bicyclic) bond motifs is 3. The summed E-state index contributed by atoms with van der Waals surface area (Å²) in [4.78, 5) is 48.7. The van der Waals surface area contributed by atoms with E-state index in [0.717, 1.165) is 18.2 Å². The van der Waals surface area contributed by atoms with Gasteiger partial charge in [-0.05, 0) is 29.7 Å². The normalized spacial score (nSPS) is 28.1. The maximum absolute atomic E-state index is 13.9. The smallest absolute Gasteiger partial charge is 0.460 e. The molecule has 4 unspecified atom stereocenters. The third kappa shape index (κ3) is 3.90. The predicted octanol–water partition coefficient (Wildman–Crippen LogP) is 4.07. The Balaban J connectivity index is 1.70. The Bertz CT molecular complexity index is 1230. The third-order valence-corrected chi connectivity index (χ3v) is 7.05. The van der Waals surface area contributed by atoms with E-state index in [1.165, 1.54) is 6.92 Å². The van der Waals surface area contributed by atoms with Crippen molar-refractivity contribution < 1.29 is 72.9 Å². The van der Waals surface area contributed by atoms with E-state index in [0.29, 0.717) is 0 Å². The van der Waals surface area contributed by atoms with E-state index in [9.17, 15) is 58.7 Å². The number of carbonyl (C=O) groups excluding carboxylic acids is 4. The molecule has 2 aliphatic heterocycles. The zero-order valence-electron chi connectivity index (χ0n) is 18.8. The molecule has 208 valence electrons. The van der Waals surface area contributed by atoms with Gasteiger partial charge in [0.1, 0.15) is 5.75 Å². The average Bonchev–Trinajstić information content (AvgIpc) is 3.28. The number of halogens is 9. The van der Waals surface area contributed by atoms with Crippen LogP contribution in [-0.4, -0.2) is 54.4 Å². The van der Waals surface area contributed by atoms with Crippen LogP contribution < -0.4 is 4.74 Å². The minimum atomic E-state index is -7.10. The minimum Gasteiger partial charge on any atom is -0.487 e. The molecule has 16 heteroatoms. The molecule has 0 bridgehead atoms. The van der Waals surface area contributed by atoms with Gasteiger partial charge < -0.3 is 14.2 Å². The summed E-state index contributed by atoms with van der Waals surface area (Å²) in [7, 11) is 0. The molecule has 7 nitrogen and oxygen atoms in total. The Kier molecular flexibility index (Phi) is 6.07. The van der Waals surface area contributed by atoms with Gasteiger partial charge in [-0.15, -0.1) is 0 Å². The highest BCUT2D eigenvalue weighted by atomic mass is 19.4. The second-order valence-corrected chi connectivity index (χ2v) is 9.38. The van der Waals surface area contributed by atoms with Crippen molar-refractivity contribution in [1.82, 2.24) is 0 Å². The van der Waals surface area contributed by atoms with Gasteiger partial charge in [0.05, 0.1) is 24.2 Å². The van der Waals surface area contributed by atoms with E-state index < -0.39 is 89.8 Å². The molecule has 2 fully saturated rings. The Labute approximate surface area is 206 Å². The first kappa shape index (κ1) is 27.7. The van der Waals surface area contributed by atoms with Gasteiger partial charge in [-0.2, -0.15) is 39.5 Å². The summed E-state index contributed by atoms with van der Waals surface area (Å²) in [6.07, 6.45) is -7.58. The summed E-state index contributed by atoms with van der Waals surface area (Å²) in [6.45, 7) is -1.17. The Morgan fingerprint density at radius 2 is 1.53 bits per heavy atom. The quantitative estimate of drug-likeness (QED) is 0.293. The molecule has 0 aromatic heterocycles. The van der Waals surface area contributed by atoms with Gasteiger partial charge in [0.15, 0.2) is 6.61 Å². The SMILES string of the molecule is CC1(C2CC(=O)OC2=O)CC2C(=O)OC(=O)C2c2cc(OCC(F)(F)C(F)(F)C(F)(F)C(F)(F)F)ccc21. The zero-order valence-corrected chi connectivity index (χ0v) is 18.8. The summed E-state index contributed by atoms with van der Waals surface area (Å²) in [6, 6.07) is 2.79. The Morgan fingerprint density at radius 1 is 0.895 bits per heavy atom. The summed E-state index contributed by atoms with van der Waals surface area (Å²) < 4.78 is 132. The fourth-order valence-electron chi connectivity index (χ4n) is 5.02. The van der Waals surface area contributed by atoms with E-state index in [4.69, 9.17) is 0 Å². The molecule has 0 spiro atoms. The van der Waals surface area contributed by atoms with Crippen molar-refractivity contribution in [2.24, 2.45) is 11.8 Å². The first-order chi connectivity index (χ1) is 17.2. The highest BCUT2D eigenvalue weighted by Crippen LogP contribution is 2.56. The molecule has 1 aliphatic carbocycles. The molecule has 3 aliphatic rings. The highest BCUT2D eigenvalue weighted by Gasteiger charge is 2.82. The van der Waals surface area contributed by atoms with Crippen molar-refractivity contribution in [2.75, 3.05) is 6.61 Å². The van der Waals surface area contributed by atoms with Crippen molar-refractivity contribution in [2.45, 2.75) is 55.0 Å². The second-order valence-electron chi connectivity index (χ2n) is 9.38. The van der Waals surface area contributed by atoms with Crippen LogP contribution in [0.1, 0.15) is 36.8 Å². The average molecular weight is 562 g/mol. The summed E-state index contributed by atoms with van der Waals surface area (Å²) >= 11 is 0. The number of esters is 4. The molecule has 1 aromatic carbocycles. The van der Waals surface area contributed by atoms with E-state index in [1.807, 2.05) is 0 Å². The fraction of sp³-hybridized carbons (Fsp3) is 0.545. The first-order valence-corrected chi connectivity index (χ1v) is 10.7. The van der Waals surface area contributed by atoms with Crippen LogP contribution in [-0.2, 0) is 34.1 Å². The van der Waals surface area contributed by atoms with Crippen LogP contribution >= 0.6 is 0 Å². The number of alkyl halides is 9. The molecule has 38 heavy (non-hydrogen) atoms. The Hall–Kier alpha value is -3.33. The monoisotopic (exact) mass is 562 g/mol. The highest BCUT2D eigenvalue weighted by molar-refractivity contribution is 6.01. The number of hydrogen-bond acceptors (Lipinski definition) is 7. The van der Waals surface area contributed by atoms with Crippen molar-refractivity contribution >= 4 is 23.9 Å². The van der Waals surface area contributed by atoms with Gasteiger partial charge in [0.25, 0.3) is 0 Å². The van der Waals surface area contributed by atoms with Crippen LogP contribution in [0.5, 0.6) is 5.75 Å². The zero-order chi connectivity index (χ0) is 28.6. The molecular formula is C22H15F9O7. The molecular weight excluding hydrogens is 547 g/mol. The molecule has 0 N–H and O–H groups in total. The second kappa shape index (κ2) is 8.33. The number of rotatable bonds is 6. The van der Waals surface area contributed by atoms with Gasteiger partial charge in [-0.25, -0.2) is 0 Å². The molecule has 4 rings (SSSR count). The van der Waals surface area contributed by atoms with Crippen LogP contribution in [0.2, 0.25) is 0 Å². The van der Waals surface area contributed by atoms with Crippen LogP contribution in [0.25, 0.3) is 0 Å². The lowest BCUT2D eigenvalue weighted by Crippen LogP contribution is -2.62. The Morgan fingerprint density at radius 3 is 2.08 bits per heavy atom. The van der Waals surface area contributed by atoms with Crippen molar-refractivity contribution in [3.05, 3.63) is 29.3 Å². The van der Waals surface area contributed by atoms with E-state index in [1.54, 1.807) is 0 Å². The maximum Gasteiger partial charge on any atom is 0.460 e. The molecule has 2 heterocycles. The lowest BCUT2D eigenvalue weighted by atomic mass is 9.58. The number of cyclic esters (lactones) is 4. The van der Waals surface area contributed by atoms with Crippen molar-refractivity contribution in [1.29, 1.82) is 0 Å². The van der Waals surface area contributed by atoms with Gasteiger partial charge in [0.2, 0.25) is 0 Å². The molecule has 0 saturated carbocycles. The first-order valence-electron chi connectivity index (χ1n) is 10.7. The summed E-state index contributed by atoms with van der Waals surface area (Å²) in [5, 5.41) is 0. The van der Waals surface area contributed by atoms with Crippen LogP contribution in [0.3, 0.4) is 0 Å². The van der Waals surface area contributed by atoms with E-state index >= 15 is 0 Å². The number of hydrogen-bond donors (Lipinski definition) is 0. The van der Waals surface area contributed by atoms with E-state index in [-0.39, 0.29) is 17.5 Å². The number of benzene rings is 1. The lowest BCUT2D eigenvalue weighted by molar-refractivity contribution is -0.398. The molecule has 1 aromatic rings. The van der Waals surface area contributed by atoms with Crippen LogP contribution in [0.15, 0.2) is 18.2 Å². The van der Waals surface area contributed by atoms with Crippen molar-refractivity contribution in [3.8, 4) is 5.75 Å². The largest absolute Gasteiger partial charge is 0.487 e. The fourth-order valence-corrected chi connectivity index (χ4v) is 5.02. The number of carbonyl (C=O) groups is 4. The van der Waals surface area contributed by atoms with Gasteiger partial charge in [-0.1, -0.05) is 13.0 Å². The standard InChI is InChI=1S/C22H15F9O7/c1-18(12-5-13(32)37-16(12)34)6-10-14(17(35)38-15(10)33)9-4-8(2-3-11(9)18)36-7-19(23,24)20(25,26)21(27,28)22(29,30)31/h2-4,10,12,14H,5-7H2,1H3. The molecule has 0 amide bonds. The number of ether oxygens (including phenoxy) is 3. The van der Waals surface area contributed by atoms with E-state index in [2.05, 4.69) is 14.2 Å². The third-order valence-electron chi connectivity index (χ3n) is 7.05. The van der Waals surface area contributed by atoms with Gasteiger partial charge in [0, 0.05) is 5.41 Å². The molecule has 0 radical (unpaired) electrons. The lowest BCUT2D eigenvalue weighted by Gasteiger charge is -2.42. The van der Waals surface area contributed by atoms with Gasteiger partial charge in [-0.3, -0.25) is 19.2 Å². The van der Waals surface area contributed by atoms with Crippen LogP contribution in [0.4, 0.5) is 39.5 Å². The summed E-state index contributed by atoms with van der Waals surface area (Å²) in [5.74, 6) is -28.4. The van der Waals surface area contributed by atoms with Crippen molar-refractivity contribution in [3.63, 3.8) is 0 Å². The maximum atomic E-state index is 13.9. The predicted molar refractivity (Wildman–Crippen MR) is 101 cm³/mol. The molecule has 4 atom stereocenters. The summed E-state index contributed by atoms with van der Waals surface area (Å²) in [5.41, 5.74) is -1.34. The minimum absolute atomic E-state index is 0.139. The molecule has 2 saturated heterocycles.